The van der Waals surface area contributed by atoms with Crippen LogP contribution in [0.2, 0.25) is 0 Å². The first-order chi connectivity index (χ1) is 16.4. The molecule has 0 saturated heterocycles. The number of benzene rings is 2. The Morgan fingerprint density at radius 1 is 0.971 bits per heavy atom. The average molecular weight is 494 g/mol. The van der Waals surface area contributed by atoms with Crippen molar-refractivity contribution in [1.82, 2.24) is 30.3 Å². The second-order valence-corrected chi connectivity index (χ2v) is 9.59. The minimum Gasteiger partial charge on any atom is -0.345 e. The monoisotopic (exact) mass is 493 g/mol. The van der Waals surface area contributed by atoms with Crippen molar-refractivity contribution in [3.05, 3.63) is 76.1 Å². The van der Waals surface area contributed by atoms with Crippen LogP contribution in [0.25, 0.3) is 5.69 Å². The van der Waals surface area contributed by atoms with Crippen LogP contribution in [0.5, 0.6) is 0 Å². The zero-order valence-electron chi connectivity index (χ0n) is 18.9. The molecule has 174 valence electrons. The highest BCUT2D eigenvalue weighted by atomic mass is 32.2. The molecule has 0 aliphatic carbocycles. The van der Waals surface area contributed by atoms with Gasteiger partial charge in [-0.25, -0.2) is 0 Å². The summed E-state index contributed by atoms with van der Waals surface area (Å²) in [6, 6.07) is 15.0. The Balaban J connectivity index is 1.55. The highest BCUT2D eigenvalue weighted by Gasteiger charge is 2.19. The molecule has 0 spiro atoms. The molecule has 0 unspecified atom stereocenters. The van der Waals surface area contributed by atoms with Gasteiger partial charge < -0.3 is 5.32 Å². The van der Waals surface area contributed by atoms with Gasteiger partial charge in [-0.05, 0) is 50.1 Å². The van der Waals surface area contributed by atoms with E-state index < -0.39 is 0 Å². The molecule has 0 radical (unpaired) electrons. The van der Waals surface area contributed by atoms with Crippen molar-refractivity contribution in [1.29, 1.82) is 0 Å². The number of anilines is 1. The van der Waals surface area contributed by atoms with Gasteiger partial charge in [0.05, 0.1) is 18.0 Å². The van der Waals surface area contributed by atoms with Crippen molar-refractivity contribution in [3.63, 3.8) is 0 Å². The molecular formula is C23H23N7O2S2. The Labute approximate surface area is 205 Å². The Kier molecular flexibility index (Phi) is 7.33. The van der Waals surface area contributed by atoms with E-state index in [-0.39, 0.29) is 24.1 Å². The summed E-state index contributed by atoms with van der Waals surface area (Å²) >= 11 is 2.58. The maximum atomic E-state index is 12.5. The third-order valence-corrected chi connectivity index (χ3v) is 6.75. The van der Waals surface area contributed by atoms with Gasteiger partial charge in [0.1, 0.15) is 5.01 Å². The second-order valence-electron chi connectivity index (χ2n) is 7.47. The lowest BCUT2D eigenvalue weighted by molar-refractivity contribution is -0.113. The lowest BCUT2D eigenvalue weighted by atomic mass is 10.1. The van der Waals surface area contributed by atoms with Crippen LogP contribution in [0.3, 0.4) is 0 Å². The van der Waals surface area contributed by atoms with Crippen molar-refractivity contribution in [2.45, 2.75) is 32.5 Å². The standard InChI is InChI=1S/C23H23N7O2S2/c1-14-8-7-11-18(15(14)2)30-19(12-24-21(32)17-9-5-4-6-10-17)27-29-23(30)33-13-20(31)25-22-28-26-16(3)34-22/h4-11H,12-13H2,1-3H3,(H,24,32)(H,25,28,31). The molecule has 4 rings (SSSR count). The first-order valence-corrected chi connectivity index (χ1v) is 12.3. The molecule has 2 heterocycles. The third-order valence-electron chi connectivity index (χ3n) is 5.07. The number of rotatable bonds is 8. The van der Waals surface area contributed by atoms with Gasteiger partial charge in [0.25, 0.3) is 5.91 Å². The summed E-state index contributed by atoms with van der Waals surface area (Å²) in [6.45, 7) is 6.07. The van der Waals surface area contributed by atoms with Gasteiger partial charge in [-0.1, -0.05) is 53.4 Å². The number of nitrogens with one attached hydrogen (secondary N) is 2. The van der Waals surface area contributed by atoms with E-state index in [4.69, 9.17) is 0 Å². The predicted octanol–water partition coefficient (Wildman–Crippen LogP) is 3.70. The van der Waals surface area contributed by atoms with Gasteiger partial charge in [-0.3, -0.25) is 19.5 Å². The number of thioether (sulfide) groups is 1. The van der Waals surface area contributed by atoms with E-state index in [0.29, 0.717) is 21.7 Å². The zero-order valence-corrected chi connectivity index (χ0v) is 20.5. The minimum absolute atomic E-state index is 0.123. The lowest BCUT2D eigenvalue weighted by Crippen LogP contribution is -2.24. The van der Waals surface area contributed by atoms with E-state index in [1.165, 1.54) is 23.1 Å². The molecule has 0 atom stereocenters. The number of aromatic nitrogens is 5. The maximum absolute atomic E-state index is 12.5. The Bertz CT molecular complexity index is 1320. The molecule has 2 amide bonds. The maximum Gasteiger partial charge on any atom is 0.251 e. The second kappa shape index (κ2) is 10.6. The molecule has 0 aliphatic rings. The molecule has 4 aromatic rings. The van der Waals surface area contributed by atoms with Crippen molar-refractivity contribution >= 4 is 40.0 Å². The summed E-state index contributed by atoms with van der Waals surface area (Å²) < 4.78 is 1.89. The molecule has 2 N–H and O–H groups in total. The van der Waals surface area contributed by atoms with Crippen LogP contribution in [0.15, 0.2) is 53.7 Å². The van der Waals surface area contributed by atoms with Crippen LogP contribution in [0, 0.1) is 20.8 Å². The van der Waals surface area contributed by atoms with Gasteiger partial charge in [0.15, 0.2) is 11.0 Å². The zero-order chi connectivity index (χ0) is 24.1. The quantitative estimate of drug-likeness (QED) is 0.360. The highest BCUT2D eigenvalue weighted by Crippen LogP contribution is 2.26. The largest absolute Gasteiger partial charge is 0.345 e. The molecule has 0 saturated carbocycles. The number of carbonyl (C=O) groups is 2. The van der Waals surface area contributed by atoms with E-state index >= 15 is 0 Å². The summed E-state index contributed by atoms with van der Waals surface area (Å²) in [6.07, 6.45) is 0. The molecule has 0 fully saturated rings. The minimum atomic E-state index is -0.212. The summed E-state index contributed by atoms with van der Waals surface area (Å²) in [4.78, 5) is 25.0. The molecule has 2 aromatic carbocycles. The fraction of sp³-hybridized carbons (Fsp3) is 0.217. The summed E-state index contributed by atoms with van der Waals surface area (Å²) in [5.74, 6) is 0.283. The fourth-order valence-electron chi connectivity index (χ4n) is 3.21. The first-order valence-electron chi connectivity index (χ1n) is 10.5. The smallest absolute Gasteiger partial charge is 0.251 e. The first kappa shape index (κ1) is 23.6. The Morgan fingerprint density at radius 2 is 1.76 bits per heavy atom. The van der Waals surface area contributed by atoms with Crippen LogP contribution in [-0.4, -0.2) is 42.5 Å². The third kappa shape index (κ3) is 5.49. The number of carbonyl (C=O) groups excluding carboxylic acids is 2. The molecule has 34 heavy (non-hydrogen) atoms. The van der Waals surface area contributed by atoms with Gasteiger partial charge in [0, 0.05) is 5.56 Å². The molecule has 0 aliphatic heterocycles. The van der Waals surface area contributed by atoms with Gasteiger partial charge in [-0.15, -0.1) is 20.4 Å². The Morgan fingerprint density at radius 3 is 2.50 bits per heavy atom. The molecule has 11 heteroatoms. The van der Waals surface area contributed by atoms with E-state index in [9.17, 15) is 9.59 Å². The normalized spacial score (nSPS) is 10.8. The van der Waals surface area contributed by atoms with Gasteiger partial charge in [-0.2, -0.15) is 0 Å². The number of nitrogens with zero attached hydrogens (tertiary/aromatic N) is 5. The van der Waals surface area contributed by atoms with Crippen LogP contribution < -0.4 is 10.6 Å². The molecule has 2 aromatic heterocycles. The average Bonchev–Trinajstić information content (AvgIpc) is 3.43. The van der Waals surface area contributed by atoms with Crippen LogP contribution in [0.1, 0.15) is 32.3 Å². The van der Waals surface area contributed by atoms with E-state index in [1.54, 1.807) is 12.1 Å². The van der Waals surface area contributed by atoms with E-state index in [0.717, 1.165) is 21.8 Å². The Hall–Kier alpha value is -3.57. The number of hydrogen-bond donors (Lipinski definition) is 2. The summed E-state index contributed by atoms with van der Waals surface area (Å²) in [5, 5.41) is 23.9. The van der Waals surface area contributed by atoms with Crippen molar-refractivity contribution in [2.24, 2.45) is 0 Å². The number of hydrogen-bond acceptors (Lipinski definition) is 8. The van der Waals surface area contributed by atoms with Crippen LogP contribution in [-0.2, 0) is 11.3 Å². The van der Waals surface area contributed by atoms with Crippen molar-refractivity contribution in [2.75, 3.05) is 11.1 Å². The van der Waals surface area contributed by atoms with Gasteiger partial charge >= 0.3 is 0 Å². The topological polar surface area (TPSA) is 115 Å². The number of amides is 2. The van der Waals surface area contributed by atoms with Crippen molar-refractivity contribution < 1.29 is 9.59 Å². The fourth-order valence-corrected chi connectivity index (χ4v) is 4.58. The van der Waals surface area contributed by atoms with E-state index in [2.05, 4.69) is 31.0 Å². The number of aryl methyl sites for hydroxylation is 2. The SMILES string of the molecule is Cc1nnc(NC(=O)CSc2nnc(CNC(=O)c3ccccc3)n2-c2cccc(C)c2C)s1. The van der Waals surface area contributed by atoms with Gasteiger partial charge in [0.2, 0.25) is 11.0 Å². The summed E-state index contributed by atoms with van der Waals surface area (Å²) in [5.41, 5.74) is 3.65. The predicted molar refractivity (Wildman–Crippen MR) is 132 cm³/mol. The van der Waals surface area contributed by atoms with E-state index in [1.807, 2.05) is 61.7 Å². The molecular weight excluding hydrogens is 470 g/mol. The highest BCUT2D eigenvalue weighted by molar-refractivity contribution is 7.99. The van der Waals surface area contributed by atoms with Crippen molar-refractivity contribution in [3.8, 4) is 5.69 Å². The molecule has 9 nitrogen and oxygen atoms in total. The lowest BCUT2D eigenvalue weighted by Gasteiger charge is -2.14. The molecule has 0 bridgehead atoms. The van der Waals surface area contributed by atoms with Crippen LogP contribution in [0.4, 0.5) is 5.13 Å². The van der Waals surface area contributed by atoms with Crippen LogP contribution >= 0.6 is 23.1 Å². The summed E-state index contributed by atoms with van der Waals surface area (Å²) in [7, 11) is 0.